The number of nitrogens with two attached hydrogens (primary N) is 1. The summed E-state index contributed by atoms with van der Waals surface area (Å²) in [4.78, 5) is 19.9. The van der Waals surface area contributed by atoms with Crippen LogP contribution >= 0.6 is 0 Å². The van der Waals surface area contributed by atoms with Gasteiger partial charge in [0, 0.05) is 43.9 Å². The molecule has 6 rings (SSSR count). The van der Waals surface area contributed by atoms with Crippen LogP contribution in [0.1, 0.15) is 57.8 Å². The van der Waals surface area contributed by atoms with E-state index in [2.05, 4.69) is 66.5 Å². The molecule has 3 N–H and O–H groups in total. The summed E-state index contributed by atoms with van der Waals surface area (Å²) >= 11 is 0. The molecule has 0 spiro atoms. The van der Waals surface area contributed by atoms with Crippen LogP contribution in [0.25, 0.3) is 22.7 Å². The van der Waals surface area contributed by atoms with Gasteiger partial charge in [-0.05, 0) is 29.2 Å². The molecule has 0 bridgehead atoms. The highest BCUT2D eigenvalue weighted by Gasteiger charge is 2.19. The monoisotopic (exact) mass is 514 g/mol. The van der Waals surface area contributed by atoms with Gasteiger partial charge in [0.15, 0.2) is 5.82 Å². The lowest BCUT2D eigenvalue weighted by molar-refractivity contribution is 0.419. The lowest BCUT2D eigenvalue weighted by atomic mass is 9.97. The van der Waals surface area contributed by atoms with Crippen molar-refractivity contribution in [2.75, 3.05) is 36.8 Å². The fourth-order valence-electron chi connectivity index (χ4n) is 3.86. The third kappa shape index (κ3) is 7.13. The predicted molar refractivity (Wildman–Crippen MR) is 152 cm³/mol. The summed E-state index contributed by atoms with van der Waals surface area (Å²) in [5.41, 5.74) is 9.42. The highest BCUT2D eigenvalue weighted by Crippen LogP contribution is 2.28. The van der Waals surface area contributed by atoms with Gasteiger partial charge >= 0.3 is 0 Å². The number of rotatable bonds is 5. The zero-order valence-corrected chi connectivity index (χ0v) is 22.8. The second-order valence-corrected chi connectivity index (χ2v) is 9.45. The third-order valence-corrected chi connectivity index (χ3v) is 6.52. The van der Waals surface area contributed by atoms with E-state index in [0.29, 0.717) is 23.2 Å². The summed E-state index contributed by atoms with van der Waals surface area (Å²) in [6.07, 6.45) is 8.20. The van der Waals surface area contributed by atoms with E-state index in [9.17, 15) is 0 Å². The lowest BCUT2D eigenvalue weighted by Gasteiger charge is -2.27. The third-order valence-electron chi connectivity index (χ3n) is 6.52. The van der Waals surface area contributed by atoms with Crippen molar-refractivity contribution >= 4 is 11.6 Å². The van der Waals surface area contributed by atoms with E-state index in [1.807, 2.05) is 26.8 Å². The van der Waals surface area contributed by atoms with Crippen molar-refractivity contribution in [1.29, 1.82) is 0 Å². The summed E-state index contributed by atoms with van der Waals surface area (Å²) in [5.74, 6) is 3.40. The van der Waals surface area contributed by atoms with E-state index in [1.165, 1.54) is 12.8 Å². The topological polar surface area (TPSA) is 119 Å². The molecule has 1 unspecified atom stereocenters. The molecule has 38 heavy (non-hydrogen) atoms. The zero-order chi connectivity index (χ0) is 26.9. The summed E-state index contributed by atoms with van der Waals surface area (Å²) in [6, 6.07) is 12.0. The summed E-state index contributed by atoms with van der Waals surface area (Å²) in [5, 5.41) is 7.51. The van der Waals surface area contributed by atoms with E-state index in [-0.39, 0.29) is 5.92 Å². The molecule has 9 heteroatoms. The number of piperazine rings is 1. The van der Waals surface area contributed by atoms with Crippen molar-refractivity contribution in [1.82, 2.24) is 30.4 Å². The van der Waals surface area contributed by atoms with Crippen molar-refractivity contribution in [3.8, 4) is 22.7 Å². The molecular formula is C29H38N8O. The molecule has 4 heterocycles. The van der Waals surface area contributed by atoms with Crippen molar-refractivity contribution < 1.29 is 4.52 Å². The lowest BCUT2D eigenvalue weighted by Crippen LogP contribution is -2.43. The first kappa shape index (κ1) is 27.2. The highest BCUT2D eigenvalue weighted by molar-refractivity contribution is 5.64. The minimum atomic E-state index is -0.0285. The Labute approximate surface area is 224 Å². The Hall–Kier alpha value is -3.85. The molecule has 200 valence electrons. The molecule has 1 aromatic carbocycles. The van der Waals surface area contributed by atoms with Gasteiger partial charge in [-0.15, -0.1) is 0 Å². The summed E-state index contributed by atoms with van der Waals surface area (Å²) in [7, 11) is 0. The molecule has 0 radical (unpaired) electrons. The van der Waals surface area contributed by atoms with E-state index < -0.39 is 0 Å². The molecule has 1 aliphatic carbocycles. The predicted octanol–water partition coefficient (Wildman–Crippen LogP) is 5.17. The van der Waals surface area contributed by atoms with Crippen molar-refractivity contribution in [2.45, 2.75) is 46.5 Å². The fourth-order valence-corrected chi connectivity index (χ4v) is 3.86. The number of hydrogen-bond donors (Lipinski definition) is 2. The van der Waals surface area contributed by atoms with Gasteiger partial charge in [-0.3, -0.25) is 0 Å². The normalized spacial score (nSPS) is 15.5. The van der Waals surface area contributed by atoms with Crippen LogP contribution in [0.15, 0.2) is 59.5 Å². The molecule has 1 saturated carbocycles. The summed E-state index contributed by atoms with van der Waals surface area (Å²) in [6.45, 7) is 12.1. The van der Waals surface area contributed by atoms with Crippen LogP contribution in [0, 0.1) is 5.92 Å². The molecule has 2 aliphatic rings. The number of pyridine rings is 1. The van der Waals surface area contributed by atoms with Crippen LogP contribution in [0.2, 0.25) is 0 Å². The molecule has 1 saturated heterocycles. The van der Waals surface area contributed by atoms with E-state index in [1.54, 1.807) is 24.7 Å². The average Bonchev–Trinajstić information content (AvgIpc) is 3.61. The number of nitrogens with zero attached hydrogens (tertiary/aromatic N) is 6. The smallest absolute Gasteiger partial charge is 0.278 e. The van der Waals surface area contributed by atoms with E-state index in [4.69, 9.17) is 10.3 Å². The van der Waals surface area contributed by atoms with Crippen molar-refractivity contribution in [3.63, 3.8) is 0 Å². The maximum atomic E-state index is 5.67. The van der Waals surface area contributed by atoms with Crippen LogP contribution in [-0.4, -0.2) is 51.3 Å². The summed E-state index contributed by atoms with van der Waals surface area (Å²) < 4.78 is 5.48. The minimum absolute atomic E-state index is 0.0285. The molecular weight excluding hydrogens is 476 g/mol. The standard InChI is InChI=1S/C23H24N8O.C4H8.C2H6/c1-15(16-2-4-17(5-3-16)18-6-7-20(24)27-12-18)22-29-23(32-30-22)19-13-28-21(14-26-19)31-10-8-25-9-11-31;1-4-2-3-4;1-2/h2-7,12-15,25H,8-11H2,1H3,(H2,24,27);4H,2-3H2,1H3;1-2H3. The maximum absolute atomic E-state index is 5.67. The minimum Gasteiger partial charge on any atom is -0.384 e. The molecule has 4 aromatic rings. The van der Waals surface area contributed by atoms with Crippen LogP contribution in [0.5, 0.6) is 0 Å². The van der Waals surface area contributed by atoms with Crippen LogP contribution in [-0.2, 0) is 0 Å². The van der Waals surface area contributed by atoms with Crippen LogP contribution in [0.4, 0.5) is 11.6 Å². The molecule has 3 aromatic heterocycles. The molecule has 1 atom stereocenters. The molecule has 1 aliphatic heterocycles. The highest BCUT2D eigenvalue weighted by atomic mass is 16.5. The van der Waals surface area contributed by atoms with Crippen LogP contribution < -0.4 is 16.0 Å². The first-order valence-corrected chi connectivity index (χ1v) is 13.5. The number of benzene rings is 1. The Kier molecular flexibility index (Phi) is 9.37. The largest absolute Gasteiger partial charge is 0.384 e. The number of nitrogen functional groups attached to an aromatic ring is 1. The Bertz CT molecular complexity index is 1250. The first-order chi connectivity index (χ1) is 18.6. The second kappa shape index (κ2) is 13.1. The quantitative estimate of drug-likeness (QED) is 0.371. The van der Waals surface area contributed by atoms with Gasteiger partial charge in [-0.25, -0.2) is 15.0 Å². The van der Waals surface area contributed by atoms with Crippen LogP contribution in [0.3, 0.4) is 0 Å². The zero-order valence-electron chi connectivity index (χ0n) is 22.8. The number of anilines is 2. The molecule has 0 amide bonds. The van der Waals surface area contributed by atoms with E-state index >= 15 is 0 Å². The first-order valence-electron chi connectivity index (χ1n) is 13.5. The Morgan fingerprint density at radius 2 is 1.61 bits per heavy atom. The van der Waals surface area contributed by atoms with Gasteiger partial charge in [0.1, 0.15) is 17.3 Å². The average molecular weight is 515 g/mol. The number of hydrogen-bond acceptors (Lipinski definition) is 9. The van der Waals surface area contributed by atoms with Gasteiger partial charge < -0.3 is 20.5 Å². The van der Waals surface area contributed by atoms with Crippen molar-refractivity contribution in [2.24, 2.45) is 5.92 Å². The Morgan fingerprint density at radius 1 is 0.921 bits per heavy atom. The van der Waals surface area contributed by atoms with Gasteiger partial charge in [-0.2, -0.15) is 4.98 Å². The SMILES string of the molecule is CC.CC(c1ccc(-c2ccc(N)nc2)cc1)c1noc(-c2cnc(N3CCNCC3)cn2)n1.CC1CC1. The second-order valence-electron chi connectivity index (χ2n) is 9.45. The Balaban J connectivity index is 0.000000504. The maximum Gasteiger partial charge on any atom is 0.278 e. The molecule has 9 nitrogen and oxygen atoms in total. The van der Waals surface area contributed by atoms with Gasteiger partial charge in [0.2, 0.25) is 0 Å². The van der Waals surface area contributed by atoms with Gasteiger partial charge in [0.25, 0.3) is 5.89 Å². The van der Waals surface area contributed by atoms with Crippen molar-refractivity contribution in [3.05, 3.63) is 66.4 Å². The van der Waals surface area contributed by atoms with Gasteiger partial charge in [-0.1, -0.05) is 70.0 Å². The number of nitrogens with one attached hydrogen (secondary N) is 1. The van der Waals surface area contributed by atoms with E-state index in [0.717, 1.165) is 54.6 Å². The fraction of sp³-hybridized carbons (Fsp3) is 0.414. The molecule has 2 fully saturated rings. The Morgan fingerprint density at radius 3 is 2.18 bits per heavy atom. The van der Waals surface area contributed by atoms with Gasteiger partial charge in [0.05, 0.1) is 12.4 Å². The number of aromatic nitrogens is 5.